The van der Waals surface area contributed by atoms with Crippen LogP contribution in [0.25, 0.3) is 0 Å². The van der Waals surface area contributed by atoms with E-state index in [-0.39, 0.29) is 11.9 Å². The second-order valence-electron chi connectivity index (χ2n) is 19.9. The van der Waals surface area contributed by atoms with Gasteiger partial charge in [-0.15, -0.1) is 0 Å². The van der Waals surface area contributed by atoms with Crippen molar-refractivity contribution in [3.05, 3.63) is 0 Å². The van der Waals surface area contributed by atoms with Gasteiger partial charge in [0, 0.05) is 12.8 Å². The second kappa shape index (κ2) is 52.5. The number of carbonyl (C=O) groups is 2. The maximum Gasteiger partial charge on any atom is 0.305 e. The number of hydrogen-bond donors (Lipinski definition) is 1. The van der Waals surface area contributed by atoms with E-state index in [9.17, 15) is 9.59 Å². The minimum absolute atomic E-state index is 0.0206. The lowest BCUT2D eigenvalue weighted by Crippen LogP contribution is -2.16. The van der Waals surface area contributed by atoms with E-state index in [0.717, 1.165) is 38.8 Å². The van der Waals surface area contributed by atoms with Gasteiger partial charge in [-0.1, -0.05) is 252 Å². The summed E-state index contributed by atoms with van der Waals surface area (Å²) in [5, 5.41) is 3.62. The van der Waals surface area contributed by atoms with Crippen LogP contribution in [0.1, 0.15) is 317 Å². The van der Waals surface area contributed by atoms with Crippen molar-refractivity contribution in [2.45, 2.75) is 317 Å². The number of rotatable bonds is 53. The minimum Gasteiger partial charge on any atom is -0.465 e. The van der Waals surface area contributed by atoms with Crippen LogP contribution in [0.2, 0.25) is 0 Å². The largest absolute Gasteiger partial charge is 0.465 e. The van der Waals surface area contributed by atoms with E-state index >= 15 is 0 Å². The van der Waals surface area contributed by atoms with E-state index in [4.69, 9.17) is 9.47 Å². The Bertz CT molecular complexity index is 841. The van der Waals surface area contributed by atoms with Crippen LogP contribution in [0.3, 0.4) is 0 Å². The van der Waals surface area contributed by atoms with E-state index in [1.54, 1.807) is 0 Å². The Hall–Kier alpha value is -1.10. The van der Waals surface area contributed by atoms with Gasteiger partial charge in [0.15, 0.2) is 0 Å². The fourth-order valence-electron chi connectivity index (χ4n) is 9.15. The standard InChI is InChI=1S/C57H113NO4/c1-5-9-13-17-21-23-25-30-38-46-55(47-39-31-26-24-22-18-14-10-6-2)53-62-57(60)49-41-33-35-43-51-58-50-42-34-27-32-40-48-56(59)61-52-54(44-36-28-19-15-11-7-3)45-37-29-20-16-12-8-4/h54-55,58H,5-53H2,1-4H3. The van der Waals surface area contributed by atoms with E-state index in [0.29, 0.717) is 37.9 Å². The molecule has 0 bridgehead atoms. The number of nitrogens with one attached hydrogen (secondary N) is 1. The van der Waals surface area contributed by atoms with Crippen LogP contribution in [0.15, 0.2) is 0 Å². The molecule has 0 aromatic heterocycles. The van der Waals surface area contributed by atoms with Crippen LogP contribution in [-0.2, 0) is 19.1 Å². The smallest absolute Gasteiger partial charge is 0.305 e. The Kier molecular flexibility index (Phi) is 51.6. The molecule has 1 N–H and O–H groups in total. The molecule has 0 saturated carbocycles. The highest BCUT2D eigenvalue weighted by Crippen LogP contribution is 2.22. The number of hydrogen-bond acceptors (Lipinski definition) is 5. The van der Waals surface area contributed by atoms with Crippen molar-refractivity contribution < 1.29 is 19.1 Å². The maximum atomic E-state index is 12.7. The Labute approximate surface area is 389 Å². The van der Waals surface area contributed by atoms with E-state index < -0.39 is 0 Å². The van der Waals surface area contributed by atoms with Crippen molar-refractivity contribution in [1.29, 1.82) is 0 Å². The summed E-state index contributed by atoms with van der Waals surface area (Å²) < 4.78 is 11.7. The normalized spacial score (nSPS) is 11.6. The van der Waals surface area contributed by atoms with E-state index in [1.165, 1.54) is 250 Å². The third-order valence-electron chi connectivity index (χ3n) is 13.5. The number of unbranched alkanes of at least 4 members (excludes halogenated alkanes) is 33. The Morgan fingerprint density at radius 1 is 0.306 bits per heavy atom. The highest BCUT2D eigenvalue weighted by molar-refractivity contribution is 5.69. The van der Waals surface area contributed by atoms with Gasteiger partial charge in [0.25, 0.3) is 0 Å². The lowest BCUT2D eigenvalue weighted by Gasteiger charge is -2.17. The van der Waals surface area contributed by atoms with Crippen molar-refractivity contribution in [2.75, 3.05) is 26.3 Å². The van der Waals surface area contributed by atoms with Crippen molar-refractivity contribution >= 4 is 11.9 Å². The zero-order valence-corrected chi connectivity index (χ0v) is 42.9. The predicted molar refractivity (Wildman–Crippen MR) is 272 cm³/mol. The molecule has 5 heteroatoms. The summed E-state index contributed by atoms with van der Waals surface area (Å²) in [6.45, 7) is 12.6. The summed E-state index contributed by atoms with van der Waals surface area (Å²) in [4.78, 5) is 25.2. The molecule has 0 rings (SSSR count). The molecule has 62 heavy (non-hydrogen) atoms. The fourth-order valence-corrected chi connectivity index (χ4v) is 9.15. The van der Waals surface area contributed by atoms with E-state index in [1.807, 2.05) is 0 Å². The van der Waals surface area contributed by atoms with Gasteiger partial charge in [0.05, 0.1) is 13.2 Å². The van der Waals surface area contributed by atoms with Crippen LogP contribution in [-0.4, -0.2) is 38.2 Å². The van der Waals surface area contributed by atoms with Crippen LogP contribution >= 0.6 is 0 Å². The minimum atomic E-state index is 0.0206. The first-order chi connectivity index (χ1) is 30.6. The second-order valence-corrected chi connectivity index (χ2v) is 19.9. The lowest BCUT2D eigenvalue weighted by atomic mass is 9.94. The molecular formula is C57H113NO4. The Morgan fingerprint density at radius 3 is 0.806 bits per heavy atom. The molecule has 0 aromatic carbocycles. The number of ether oxygens (including phenoxy) is 2. The zero-order chi connectivity index (χ0) is 45.1. The van der Waals surface area contributed by atoms with Gasteiger partial charge in [-0.3, -0.25) is 9.59 Å². The average Bonchev–Trinajstić information content (AvgIpc) is 3.27. The van der Waals surface area contributed by atoms with Crippen molar-refractivity contribution in [3.8, 4) is 0 Å². The zero-order valence-electron chi connectivity index (χ0n) is 42.9. The Morgan fingerprint density at radius 2 is 0.532 bits per heavy atom. The summed E-state index contributed by atoms with van der Waals surface area (Å²) in [5.41, 5.74) is 0. The van der Waals surface area contributed by atoms with Crippen LogP contribution in [0.5, 0.6) is 0 Å². The summed E-state index contributed by atoms with van der Waals surface area (Å²) in [6.07, 6.45) is 56.8. The molecule has 0 saturated heterocycles. The third kappa shape index (κ3) is 48.4. The molecule has 0 fully saturated rings. The first kappa shape index (κ1) is 60.9. The Balaban J connectivity index is 4.00. The topological polar surface area (TPSA) is 64.6 Å². The maximum absolute atomic E-state index is 12.7. The molecule has 0 atom stereocenters. The number of carbonyl (C=O) groups excluding carboxylic acids is 2. The highest BCUT2D eigenvalue weighted by atomic mass is 16.5. The predicted octanol–water partition coefficient (Wildman–Crippen LogP) is 18.5. The average molecular weight is 877 g/mol. The van der Waals surface area contributed by atoms with Gasteiger partial charge in [0.2, 0.25) is 0 Å². The highest BCUT2D eigenvalue weighted by Gasteiger charge is 2.14. The van der Waals surface area contributed by atoms with E-state index in [2.05, 4.69) is 33.0 Å². The van der Waals surface area contributed by atoms with Crippen molar-refractivity contribution in [3.63, 3.8) is 0 Å². The molecule has 0 heterocycles. The molecule has 0 radical (unpaired) electrons. The summed E-state index contributed by atoms with van der Waals surface area (Å²) in [7, 11) is 0. The molecule has 5 nitrogen and oxygen atoms in total. The molecule has 0 amide bonds. The summed E-state index contributed by atoms with van der Waals surface area (Å²) in [5.74, 6) is 1.14. The lowest BCUT2D eigenvalue weighted by molar-refractivity contribution is -0.146. The molecule has 0 aliphatic rings. The third-order valence-corrected chi connectivity index (χ3v) is 13.5. The van der Waals surface area contributed by atoms with Crippen LogP contribution in [0.4, 0.5) is 0 Å². The molecule has 370 valence electrons. The van der Waals surface area contributed by atoms with Gasteiger partial charge < -0.3 is 14.8 Å². The molecule has 0 aliphatic carbocycles. The summed E-state index contributed by atoms with van der Waals surface area (Å²) in [6, 6.07) is 0. The van der Waals surface area contributed by atoms with Crippen molar-refractivity contribution in [1.82, 2.24) is 5.32 Å². The van der Waals surface area contributed by atoms with Gasteiger partial charge in [-0.05, 0) is 76.3 Å². The monoisotopic (exact) mass is 876 g/mol. The van der Waals surface area contributed by atoms with Crippen LogP contribution in [0, 0.1) is 11.8 Å². The number of esters is 2. The van der Waals surface area contributed by atoms with Crippen molar-refractivity contribution in [2.24, 2.45) is 11.8 Å². The molecule has 0 unspecified atom stereocenters. The molecular weight excluding hydrogens is 763 g/mol. The molecule has 0 spiro atoms. The van der Waals surface area contributed by atoms with Gasteiger partial charge >= 0.3 is 11.9 Å². The van der Waals surface area contributed by atoms with Gasteiger partial charge in [-0.2, -0.15) is 0 Å². The summed E-state index contributed by atoms with van der Waals surface area (Å²) >= 11 is 0. The van der Waals surface area contributed by atoms with Gasteiger partial charge in [-0.25, -0.2) is 0 Å². The van der Waals surface area contributed by atoms with Crippen LogP contribution < -0.4 is 5.32 Å². The quantitative estimate of drug-likeness (QED) is 0.0487. The first-order valence-electron chi connectivity index (χ1n) is 28.6. The fraction of sp³-hybridized carbons (Fsp3) is 0.965. The molecule has 0 aromatic rings. The van der Waals surface area contributed by atoms with Gasteiger partial charge in [0.1, 0.15) is 0 Å². The first-order valence-corrected chi connectivity index (χ1v) is 28.6. The SMILES string of the molecule is CCCCCCCCCCCC(CCCCCCCCCCC)COC(=O)CCCCCCNCCCCCCCC(=O)OCC(CCCCCCCC)CCCCCCCC. The molecule has 0 aliphatic heterocycles.